The van der Waals surface area contributed by atoms with Gasteiger partial charge in [0.25, 0.3) is 0 Å². The van der Waals surface area contributed by atoms with Crippen molar-refractivity contribution in [2.45, 2.75) is 23.1 Å². The minimum atomic E-state index is 0.623. The molecule has 0 amide bonds. The highest BCUT2D eigenvalue weighted by atomic mass is 35.5. The Morgan fingerprint density at radius 2 is 1.86 bits per heavy atom. The van der Waals surface area contributed by atoms with Crippen LogP contribution >= 0.6 is 35.0 Å². The predicted octanol–water partition coefficient (Wildman–Crippen LogP) is 5.36. The Bertz CT molecular complexity index is 603. The zero-order chi connectivity index (χ0) is 14.7. The molecule has 1 atom stereocenters. The second-order valence-electron chi connectivity index (χ2n) is 5.33. The number of halogens is 2. The number of rotatable bonds is 4. The average molecular weight is 338 g/mol. The molecule has 110 valence electrons. The molecule has 21 heavy (non-hydrogen) atoms. The van der Waals surface area contributed by atoms with E-state index < -0.39 is 0 Å². The molecule has 3 rings (SSSR count). The molecule has 1 aliphatic rings. The van der Waals surface area contributed by atoms with Gasteiger partial charge >= 0.3 is 0 Å². The van der Waals surface area contributed by atoms with Crippen molar-refractivity contribution in [2.24, 2.45) is 0 Å². The van der Waals surface area contributed by atoms with Gasteiger partial charge in [0.2, 0.25) is 0 Å². The van der Waals surface area contributed by atoms with Crippen LogP contribution in [0, 0.1) is 0 Å². The molecule has 1 unspecified atom stereocenters. The molecule has 0 bridgehead atoms. The molecule has 1 fully saturated rings. The van der Waals surface area contributed by atoms with Crippen molar-refractivity contribution >= 4 is 35.0 Å². The zero-order valence-electron chi connectivity index (χ0n) is 11.6. The Morgan fingerprint density at radius 1 is 1.05 bits per heavy atom. The first-order valence-electron chi connectivity index (χ1n) is 7.09. The molecule has 1 heterocycles. The molecular weight excluding hydrogens is 321 g/mol. The van der Waals surface area contributed by atoms with E-state index in [1.54, 1.807) is 0 Å². The normalized spacial score (nSPS) is 19.0. The quantitative estimate of drug-likeness (QED) is 0.738. The molecule has 0 radical (unpaired) electrons. The molecule has 0 spiro atoms. The van der Waals surface area contributed by atoms with Crippen LogP contribution in [0.25, 0.3) is 0 Å². The van der Waals surface area contributed by atoms with Crippen LogP contribution < -0.4 is 0 Å². The lowest BCUT2D eigenvalue weighted by Crippen LogP contribution is -2.20. The molecule has 0 N–H and O–H groups in total. The lowest BCUT2D eigenvalue weighted by atomic mass is 10.2. The fourth-order valence-electron chi connectivity index (χ4n) is 2.62. The SMILES string of the molecule is Clc1ccc(SC2CCN(Cc3ccccc3)C2)cc1Cl. The first kappa shape index (κ1) is 15.2. The molecule has 2 aromatic carbocycles. The Kier molecular flexibility index (Phi) is 5.12. The van der Waals surface area contributed by atoms with Gasteiger partial charge in [-0.2, -0.15) is 0 Å². The number of hydrogen-bond acceptors (Lipinski definition) is 2. The molecular formula is C17H17Cl2NS. The average Bonchev–Trinajstić information content (AvgIpc) is 2.91. The van der Waals surface area contributed by atoms with Crippen molar-refractivity contribution in [2.75, 3.05) is 13.1 Å². The van der Waals surface area contributed by atoms with E-state index in [0.29, 0.717) is 15.3 Å². The molecule has 0 saturated carbocycles. The first-order valence-corrected chi connectivity index (χ1v) is 8.72. The van der Waals surface area contributed by atoms with Gasteiger partial charge in [0.1, 0.15) is 0 Å². The second-order valence-corrected chi connectivity index (χ2v) is 7.51. The summed E-state index contributed by atoms with van der Waals surface area (Å²) in [5.74, 6) is 0. The Morgan fingerprint density at radius 3 is 2.62 bits per heavy atom. The van der Waals surface area contributed by atoms with E-state index in [0.717, 1.165) is 19.6 Å². The highest BCUT2D eigenvalue weighted by Crippen LogP contribution is 2.33. The number of likely N-dealkylation sites (tertiary alicyclic amines) is 1. The molecule has 0 aliphatic carbocycles. The summed E-state index contributed by atoms with van der Waals surface area (Å²) in [5.41, 5.74) is 1.39. The fraction of sp³-hybridized carbons (Fsp3) is 0.294. The van der Waals surface area contributed by atoms with Crippen molar-refractivity contribution in [3.05, 3.63) is 64.1 Å². The van der Waals surface area contributed by atoms with Crippen LogP contribution in [-0.2, 0) is 6.54 Å². The van der Waals surface area contributed by atoms with E-state index in [-0.39, 0.29) is 0 Å². The lowest BCUT2D eigenvalue weighted by molar-refractivity contribution is 0.332. The van der Waals surface area contributed by atoms with E-state index in [9.17, 15) is 0 Å². The Hall–Kier alpha value is -0.670. The summed E-state index contributed by atoms with van der Waals surface area (Å²) in [6.45, 7) is 3.33. The van der Waals surface area contributed by atoms with Crippen molar-refractivity contribution in [1.82, 2.24) is 4.90 Å². The Labute approximate surface area is 140 Å². The standard InChI is InChI=1S/C17H17Cl2NS/c18-16-7-6-14(10-17(16)19)21-15-8-9-20(12-15)11-13-4-2-1-3-5-13/h1-7,10,15H,8-9,11-12H2. The zero-order valence-corrected chi connectivity index (χ0v) is 14.0. The van der Waals surface area contributed by atoms with Gasteiger partial charge in [-0.3, -0.25) is 4.90 Å². The van der Waals surface area contributed by atoms with Crippen LogP contribution in [0.5, 0.6) is 0 Å². The maximum Gasteiger partial charge on any atom is 0.0603 e. The molecule has 1 saturated heterocycles. The van der Waals surface area contributed by atoms with Crippen molar-refractivity contribution in [3.8, 4) is 0 Å². The predicted molar refractivity (Wildman–Crippen MR) is 92.4 cm³/mol. The monoisotopic (exact) mass is 337 g/mol. The summed E-state index contributed by atoms with van der Waals surface area (Å²) in [6, 6.07) is 16.6. The van der Waals surface area contributed by atoms with Gasteiger partial charge in [0.05, 0.1) is 10.0 Å². The van der Waals surface area contributed by atoms with Crippen LogP contribution in [0.15, 0.2) is 53.4 Å². The van der Waals surface area contributed by atoms with E-state index in [1.165, 1.54) is 16.9 Å². The number of nitrogens with zero attached hydrogens (tertiary/aromatic N) is 1. The smallest absolute Gasteiger partial charge is 0.0603 e. The Balaban J connectivity index is 1.56. The van der Waals surface area contributed by atoms with Crippen LogP contribution in [0.3, 0.4) is 0 Å². The molecule has 1 aliphatic heterocycles. The second kappa shape index (κ2) is 7.06. The summed E-state index contributed by atoms with van der Waals surface area (Å²) in [7, 11) is 0. The third kappa shape index (κ3) is 4.17. The third-order valence-electron chi connectivity index (χ3n) is 3.67. The van der Waals surface area contributed by atoms with Gasteiger partial charge in [-0.15, -0.1) is 11.8 Å². The van der Waals surface area contributed by atoms with Crippen molar-refractivity contribution in [3.63, 3.8) is 0 Å². The highest BCUT2D eigenvalue weighted by Gasteiger charge is 2.23. The summed E-state index contributed by atoms with van der Waals surface area (Å²) < 4.78 is 0. The minimum Gasteiger partial charge on any atom is -0.298 e. The number of hydrogen-bond donors (Lipinski definition) is 0. The van der Waals surface area contributed by atoms with Gasteiger partial charge < -0.3 is 0 Å². The summed E-state index contributed by atoms with van der Waals surface area (Å²) >= 11 is 13.9. The topological polar surface area (TPSA) is 3.24 Å². The van der Waals surface area contributed by atoms with Crippen LogP contribution in [0.4, 0.5) is 0 Å². The van der Waals surface area contributed by atoms with E-state index >= 15 is 0 Å². The fourth-order valence-corrected chi connectivity index (χ4v) is 4.21. The molecule has 1 nitrogen and oxygen atoms in total. The number of thioether (sulfide) groups is 1. The summed E-state index contributed by atoms with van der Waals surface area (Å²) in [6.07, 6.45) is 1.22. The number of benzene rings is 2. The van der Waals surface area contributed by atoms with Crippen LogP contribution in [-0.4, -0.2) is 23.2 Å². The van der Waals surface area contributed by atoms with Gasteiger partial charge in [-0.05, 0) is 36.7 Å². The molecule has 2 aromatic rings. The molecule has 4 heteroatoms. The summed E-state index contributed by atoms with van der Waals surface area (Å²) in [5, 5.41) is 1.89. The summed E-state index contributed by atoms with van der Waals surface area (Å²) in [4.78, 5) is 3.72. The van der Waals surface area contributed by atoms with Gasteiger partial charge in [0.15, 0.2) is 0 Å². The van der Waals surface area contributed by atoms with E-state index in [2.05, 4.69) is 41.3 Å². The highest BCUT2D eigenvalue weighted by molar-refractivity contribution is 8.00. The maximum absolute atomic E-state index is 6.08. The maximum atomic E-state index is 6.08. The van der Waals surface area contributed by atoms with Gasteiger partial charge in [-0.25, -0.2) is 0 Å². The first-order chi connectivity index (χ1) is 10.2. The van der Waals surface area contributed by atoms with Crippen LogP contribution in [0.2, 0.25) is 10.0 Å². The minimum absolute atomic E-state index is 0.623. The van der Waals surface area contributed by atoms with Gasteiger partial charge in [0, 0.05) is 23.2 Å². The van der Waals surface area contributed by atoms with Crippen molar-refractivity contribution < 1.29 is 0 Å². The van der Waals surface area contributed by atoms with Crippen molar-refractivity contribution in [1.29, 1.82) is 0 Å². The molecule has 0 aromatic heterocycles. The van der Waals surface area contributed by atoms with E-state index in [1.807, 2.05) is 23.9 Å². The van der Waals surface area contributed by atoms with Gasteiger partial charge in [-0.1, -0.05) is 53.5 Å². The third-order valence-corrected chi connectivity index (χ3v) is 5.66. The lowest BCUT2D eigenvalue weighted by Gasteiger charge is -2.16. The van der Waals surface area contributed by atoms with Crippen LogP contribution in [0.1, 0.15) is 12.0 Å². The largest absolute Gasteiger partial charge is 0.298 e. The van der Waals surface area contributed by atoms with E-state index in [4.69, 9.17) is 23.2 Å².